The van der Waals surface area contributed by atoms with Gasteiger partial charge in [-0.15, -0.1) is 0 Å². The van der Waals surface area contributed by atoms with E-state index in [2.05, 4.69) is 19.9 Å². The largest absolute Gasteiger partial charge is 0.482 e. The molecule has 1 aliphatic rings. The summed E-state index contributed by atoms with van der Waals surface area (Å²) in [5.41, 5.74) is 1.82. The molecule has 0 saturated carbocycles. The van der Waals surface area contributed by atoms with Gasteiger partial charge in [0.05, 0.1) is 12.6 Å². The molecule has 178 valence electrons. The van der Waals surface area contributed by atoms with Crippen molar-refractivity contribution < 1.29 is 23.8 Å². The van der Waals surface area contributed by atoms with Gasteiger partial charge in [0.1, 0.15) is 11.4 Å². The minimum Gasteiger partial charge on any atom is -0.482 e. The average Bonchev–Trinajstić information content (AvgIpc) is 2.71. The normalized spacial score (nSPS) is 17.2. The number of amides is 1. The number of nitrogens with zero attached hydrogens (tertiary/aromatic N) is 1. The summed E-state index contributed by atoms with van der Waals surface area (Å²) in [5.74, 6) is -0.00639. The molecule has 0 bridgehead atoms. The third-order valence-corrected chi connectivity index (χ3v) is 5.64. The second-order valence-electron chi connectivity index (χ2n) is 9.76. The monoisotopic (exact) mass is 473 g/mol. The van der Waals surface area contributed by atoms with Crippen LogP contribution in [0, 0.1) is 0 Å². The minimum absolute atomic E-state index is 0.241. The van der Waals surface area contributed by atoms with Crippen LogP contribution in [-0.2, 0) is 19.7 Å². The number of fused-ring (bicyclic) bond motifs is 1. The smallest absolute Gasteiger partial charge is 0.411 e. The molecule has 2 aromatic rings. The van der Waals surface area contributed by atoms with Crippen LogP contribution in [0.4, 0.5) is 4.79 Å². The summed E-state index contributed by atoms with van der Waals surface area (Å²) < 4.78 is 16.6. The van der Waals surface area contributed by atoms with Crippen molar-refractivity contribution in [1.29, 1.82) is 0 Å². The van der Waals surface area contributed by atoms with E-state index in [9.17, 15) is 9.59 Å². The number of ether oxygens (including phenoxy) is 3. The molecule has 0 aromatic heterocycles. The maximum Gasteiger partial charge on any atom is 0.411 e. The van der Waals surface area contributed by atoms with Gasteiger partial charge in [0.25, 0.3) is 0 Å². The molecule has 1 amide bonds. The number of halogens is 1. The van der Waals surface area contributed by atoms with Gasteiger partial charge < -0.3 is 14.2 Å². The first kappa shape index (κ1) is 24.9. The van der Waals surface area contributed by atoms with Crippen LogP contribution >= 0.6 is 11.6 Å². The van der Waals surface area contributed by atoms with E-state index in [4.69, 9.17) is 25.8 Å². The highest BCUT2D eigenvalue weighted by Crippen LogP contribution is 2.46. The van der Waals surface area contributed by atoms with E-state index in [1.807, 2.05) is 39.0 Å². The van der Waals surface area contributed by atoms with Gasteiger partial charge in [-0.05, 0) is 57.0 Å². The quantitative estimate of drug-likeness (QED) is 0.506. The van der Waals surface area contributed by atoms with Crippen molar-refractivity contribution in [2.45, 2.75) is 58.6 Å². The molecule has 7 heteroatoms. The van der Waals surface area contributed by atoms with Crippen LogP contribution in [0.15, 0.2) is 42.5 Å². The van der Waals surface area contributed by atoms with Crippen molar-refractivity contribution in [2.75, 3.05) is 19.8 Å². The zero-order valence-corrected chi connectivity index (χ0v) is 20.9. The number of esters is 1. The third kappa shape index (κ3) is 5.80. The van der Waals surface area contributed by atoms with E-state index in [-0.39, 0.29) is 18.6 Å². The first-order chi connectivity index (χ1) is 15.4. The number of hydrogen-bond acceptors (Lipinski definition) is 5. The Morgan fingerprint density at radius 1 is 1.12 bits per heavy atom. The maximum atomic E-state index is 13.4. The van der Waals surface area contributed by atoms with Crippen LogP contribution in [0.1, 0.15) is 64.3 Å². The molecule has 0 N–H and O–H groups in total. The molecule has 0 aliphatic carbocycles. The third-order valence-electron chi connectivity index (χ3n) is 5.41. The first-order valence-electron chi connectivity index (χ1n) is 11.1. The van der Waals surface area contributed by atoms with Gasteiger partial charge in [-0.2, -0.15) is 0 Å². The van der Waals surface area contributed by atoms with Gasteiger partial charge in [0.15, 0.2) is 6.61 Å². The van der Waals surface area contributed by atoms with Gasteiger partial charge in [0, 0.05) is 22.5 Å². The molecule has 1 unspecified atom stereocenters. The highest BCUT2D eigenvalue weighted by Gasteiger charge is 2.43. The van der Waals surface area contributed by atoms with E-state index < -0.39 is 23.7 Å². The highest BCUT2D eigenvalue weighted by molar-refractivity contribution is 6.30. The Labute approximate surface area is 200 Å². The highest BCUT2D eigenvalue weighted by atomic mass is 35.5. The number of benzene rings is 2. The van der Waals surface area contributed by atoms with Crippen LogP contribution in [0.3, 0.4) is 0 Å². The fourth-order valence-corrected chi connectivity index (χ4v) is 4.33. The van der Waals surface area contributed by atoms with Crippen molar-refractivity contribution in [3.63, 3.8) is 0 Å². The predicted molar refractivity (Wildman–Crippen MR) is 128 cm³/mol. The molecular weight excluding hydrogens is 442 g/mol. The Morgan fingerprint density at radius 3 is 2.48 bits per heavy atom. The molecule has 33 heavy (non-hydrogen) atoms. The summed E-state index contributed by atoms with van der Waals surface area (Å²) in [4.78, 5) is 27.0. The summed E-state index contributed by atoms with van der Waals surface area (Å²) in [6.45, 7) is 12.0. The van der Waals surface area contributed by atoms with E-state index in [0.29, 0.717) is 22.9 Å². The van der Waals surface area contributed by atoms with Gasteiger partial charge >= 0.3 is 12.1 Å². The van der Waals surface area contributed by atoms with Crippen LogP contribution in [0.2, 0.25) is 5.02 Å². The number of carbonyl (C=O) groups excluding carboxylic acids is 2. The number of carbonyl (C=O) groups is 2. The Bertz CT molecular complexity index is 1030. The maximum absolute atomic E-state index is 13.4. The Morgan fingerprint density at radius 2 is 1.82 bits per heavy atom. The van der Waals surface area contributed by atoms with E-state index in [1.165, 1.54) is 0 Å². The summed E-state index contributed by atoms with van der Waals surface area (Å²) in [7, 11) is 0. The van der Waals surface area contributed by atoms with Crippen molar-refractivity contribution in [1.82, 2.24) is 4.90 Å². The predicted octanol–water partition coefficient (Wildman–Crippen LogP) is 5.90. The Balaban J connectivity index is 2.13. The number of hydrogen-bond donors (Lipinski definition) is 0. The van der Waals surface area contributed by atoms with Crippen LogP contribution < -0.4 is 4.74 Å². The molecule has 3 rings (SSSR count). The molecule has 1 atom stereocenters. The van der Waals surface area contributed by atoms with Gasteiger partial charge in [0.2, 0.25) is 0 Å². The van der Waals surface area contributed by atoms with Crippen molar-refractivity contribution in [3.05, 3.63) is 64.2 Å². The molecule has 1 heterocycles. The zero-order valence-electron chi connectivity index (χ0n) is 20.1. The van der Waals surface area contributed by atoms with E-state index >= 15 is 0 Å². The summed E-state index contributed by atoms with van der Waals surface area (Å²) in [6, 6.07) is 12.7. The minimum atomic E-state index is -0.652. The van der Waals surface area contributed by atoms with E-state index in [1.54, 1.807) is 30.0 Å². The summed E-state index contributed by atoms with van der Waals surface area (Å²) >= 11 is 6.38. The lowest BCUT2D eigenvalue weighted by Gasteiger charge is -2.45. The van der Waals surface area contributed by atoms with E-state index in [0.717, 1.165) is 11.1 Å². The SMILES string of the molecule is CCOC(=O)COc1ccc(Cl)cc1C1c2ccccc2C(C)(C)CN1C(=O)OC(C)(C)C. The average molecular weight is 474 g/mol. The second kappa shape index (κ2) is 9.64. The lowest BCUT2D eigenvalue weighted by molar-refractivity contribution is -0.145. The van der Waals surface area contributed by atoms with Crippen LogP contribution in [0.5, 0.6) is 5.75 Å². The fraction of sp³-hybridized carbons (Fsp3) is 0.462. The summed E-state index contributed by atoms with van der Waals surface area (Å²) in [6.07, 6.45) is -0.425. The molecule has 0 spiro atoms. The molecule has 1 aliphatic heterocycles. The Hall–Kier alpha value is -2.73. The topological polar surface area (TPSA) is 65.1 Å². The lowest BCUT2D eigenvalue weighted by Crippen LogP contribution is -2.49. The van der Waals surface area contributed by atoms with Gasteiger partial charge in [-0.3, -0.25) is 4.90 Å². The first-order valence-corrected chi connectivity index (χ1v) is 11.5. The summed E-state index contributed by atoms with van der Waals surface area (Å²) in [5, 5.41) is 0.500. The second-order valence-corrected chi connectivity index (χ2v) is 10.2. The molecular formula is C26H32ClNO5. The van der Waals surface area contributed by atoms with Crippen molar-refractivity contribution in [3.8, 4) is 5.75 Å². The van der Waals surface area contributed by atoms with Gasteiger partial charge in [-0.25, -0.2) is 9.59 Å². The molecule has 0 saturated heterocycles. The molecule has 6 nitrogen and oxygen atoms in total. The molecule has 0 radical (unpaired) electrons. The Kier molecular flexibility index (Phi) is 7.27. The molecule has 0 fully saturated rings. The van der Waals surface area contributed by atoms with Crippen molar-refractivity contribution in [2.24, 2.45) is 0 Å². The van der Waals surface area contributed by atoms with Crippen molar-refractivity contribution >= 4 is 23.7 Å². The van der Waals surface area contributed by atoms with Crippen LogP contribution in [-0.4, -0.2) is 42.3 Å². The zero-order chi connectivity index (χ0) is 24.4. The molecule has 2 aromatic carbocycles. The standard InChI is InChI=1S/C26H32ClNO5/c1-7-31-22(29)15-32-21-13-12-17(27)14-19(21)23-18-10-8-9-11-20(18)26(5,6)16-28(23)24(30)33-25(2,3)4/h8-14,23H,7,15-16H2,1-6H3. The van der Waals surface area contributed by atoms with Gasteiger partial charge in [-0.1, -0.05) is 49.7 Å². The lowest BCUT2D eigenvalue weighted by atomic mass is 9.74. The number of rotatable bonds is 5. The fourth-order valence-electron chi connectivity index (χ4n) is 4.15. The van der Waals surface area contributed by atoms with Crippen LogP contribution in [0.25, 0.3) is 0 Å².